The number of rotatable bonds is 13. The summed E-state index contributed by atoms with van der Waals surface area (Å²) >= 11 is 0. The van der Waals surface area contributed by atoms with E-state index in [1.807, 2.05) is 6.92 Å². The van der Waals surface area contributed by atoms with Crippen LogP contribution in [0, 0.1) is 0 Å². The molecule has 0 bridgehead atoms. The Morgan fingerprint density at radius 2 is 1.96 bits per heavy atom. The van der Waals surface area contributed by atoms with Gasteiger partial charge < -0.3 is 10.2 Å². The van der Waals surface area contributed by atoms with Gasteiger partial charge in [-0.2, -0.15) is 11.8 Å². The van der Waals surface area contributed by atoms with Gasteiger partial charge in [-0.1, -0.05) is 25.5 Å². The summed E-state index contributed by atoms with van der Waals surface area (Å²) in [7, 11) is 0. The number of anilines is 1. The first-order valence-electron chi connectivity index (χ1n) is 7.91. The molecule has 0 radical (unpaired) electrons. The van der Waals surface area contributed by atoms with Crippen LogP contribution in [0.5, 0.6) is 0 Å². The van der Waals surface area contributed by atoms with E-state index in [1.54, 1.807) is 0 Å². The molecule has 1 amide bonds. The maximum Gasteiger partial charge on any atom is 0.347 e. The number of carbonyl (C=O) groups is 3. The second-order valence-electron chi connectivity index (χ2n) is 5.06. The Bertz CT molecular complexity index is 628. The van der Waals surface area contributed by atoms with Crippen LogP contribution < -0.4 is 22.6 Å². The molecule has 0 heterocycles. The van der Waals surface area contributed by atoms with Gasteiger partial charge in [-0.15, -0.1) is 9.98 Å². The summed E-state index contributed by atoms with van der Waals surface area (Å²) < 4.78 is 0. The van der Waals surface area contributed by atoms with Crippen LogP contribution in [-0.4, -0.2) is 37.4 Å². The Kier molecular flexibility index (Phi) is 10.5. The predicted molar refractivity (Wildman–Crippen MR) is 90.2 cm³/mol. The van der Waals surface area contributed by atoms with Crippen molar-refractivity contribution in [2.24, 2.45) is 11.8 Å². The lowest BCUT2D eigenvalue weighted by atomic mass is 10.0. The summed E-state index contributed by atoms with van der Waals surface area (Å²) in [5.74, 6) is 8.04. The average molecular weight is 386 g/mol. The third-order valence-corrected chi connectivity index (χ3v) is 3.26. The van der Waals surface area contributed by atoms with Gasteiger partial charge in [0.2, 0.25) is 0 Å². The number of nitrogens with two attached hydrogens (primary N) is 2. The summed E-state index contributed by atoms with van der Waals surface area (Å²) in [6, 6.07) is 3.46. The lowest BCUT2D eigenvalue weighted by Gasteiger charge is -2.17. The van der Waals surface area contributed by atoms with Crippen LogP contribution in [0.1, 0.15) is 40.5 Å². The molecule has 0 aliphatic heterocycles. The lowest BCUT2D eigenvalue weighted by molar-refractivity contribution is -0.335. The molecule has 1 aromatic rings. The zero-order valence-electron chi connectivity index (χ0n) is 14.6. The van der Waals surface area contributed by atoms with Crippen molar-refractivity contribution < 1.29 is 39.0 Å². The summed E-state index contributed by atoms with van der Waals surface area (Å²) in [4.78, 5) is 57.5. The molecule has 6 N–H and O–H groups in total. The minimum Gasteiger partial charge on any atom is -0.372 e. The van der Waals surface area contributed by atoms with Crippen LogP contribution >= 0.6 is 0 Å². The monoisotopic (exact) mass is 386 g/mol. The Labute approximate surface area is 154 Å². The Balaban J connectivity index is 2.88. The first-order chi connectivity index (χ1) is 13.1. The van der Waals surface area contributed by atoms with E-state index >= 15 is 0 Å². The fourth-order valence-corrected chi connectivity index (χ4v) is 2.09. The van der Waals surface area contributed by atoms with Gasteiger partial charge in [-0.25, -0.2) is 20.0 Å². The highest BCUT2D eigenvalue weighted by Gasteiger charge is 2.24. The molecule has 1 aromatic carbocycles. The highest BCUT2D eigenvalue weighted by molar-refractivity contribution is 6.07. The molecule has 12 nitrogen and oxygen atoms in total. The molecule has 1 unspecified atom stereocenters. The SMILES string of the molecule is CCCC(NC(=O)c1c(C=O)cccc1NOOCCOON)C(=O)ON. The molecule has 0 aliphatic carbocycles. The van der Waals surface area contributed by atoms with Crippen molar-refractivity contribution in [1.82, 2.24) is 5.32 Å². The van der Waals surface area contributed by atoms with Gasteiger partial charge >= 0.3 is 5.97 Å². The van der Waals surface area contributed by atoms with Crippen LogP contribution in [-0.2, 0) is 29.4 Å². The number of hydrogen-bond acceptors (Lipinski definition) is 11. The molecule has 0 fully saturated rings. The van der Waals surface area contributed by atoms with Gasteiger partial charge in [0, 0.05) is 5.56 Å². The van der Waals surface area contributed by atoms with Crippen LogP contribution in [0.4, 0.5) is 5.69 Å². The van der Waals surface area contributed by atoms with E-state index in [1.165, 1.54) is 18.2 Å². The number of amides is 1. The van der Waals surface area contributed by atoms with E-state index in [9.17, 15) is 14.4 Å². The minimum atomic E-state index is -0.967. The standard InChI is InChI=1S/C15H22N4O8/c1-2-4-12(15(22)25-16)18-14(21)13-10(9-20)5-3-6-11(13)19-27-24-8-7-23-26-17/h3,5-6,9,12,19H,2,4,7-8,16-17H2,1H3,(H,18,21). The van der Waals surface area contributed by atoms with Crippen molar-refractivity contribution in [2.75, 3.05) is 18.7 Å². The number of nitrogens with one attached hydrogen (secondary N) is 2. The van der Waals surface area contributed by atoms with Gasteiger partial charge in [-0.05, 0) is 12.5 Å². The molecule has 1 rings (SSSR count). The van der Waals surface area contributed by atoms with Crippen molar-refractivity contribution in [1.29, 1.82) is 0 Å². The van der Waals surface area contributed by atoms with Crippen molar-refractivity contribution in [3.05, 3.63) is 29.3 Å². The van der Waals surface area contributed by atoms with Gasteiger partial charge in [-0.3, -0.25) is 9.59 Å². The summed E-state index contributed by atoms with van der Waals surface area (Å²) in [5.41, 5.74) is 2.53. The van der Waals surface area contributed by atoms with E-state index in [0.717, 1.165) is 0 Å². The minimum absolute atomic E-state index is 0.0141. The van der Waals surface area contributed by atoms with Crippen LogP contribution in [0.25, 0.3) is 0 Å². The second kappa shape index (κ2) is 12.7. The fraction of sp³-hybridized carbons (Fsp3) is 0.400. The quantitative estimate of drug-likeness (QED) is 0.154. The smallest absolute Gasteiger partial charge is 0.347 e. The zero-order valence-corrected chi connectivity index (χ0v) is 14.6. The second-order valence-corrected chi connectivity index (χ2v) is 5.06. The van der Waals surface area contributed by atoms with Gasteiger partial charge in [0.25, 0.3) is 5.91 Å². The van der Waals surface area contributed by atoms with Crippen LogP contribution in [0.3, 0.4) is 0 Å². The average Bonchev–Trinajstić information content (AvgIpc) is 2.69. The molecule has 12 heteroatoms. The molecule has 150 valence electrons. The fourth-order valence-electron chi connectivity index (χ4n) is 2.09. The Morgan fingerprint density at radius 1 is 1.22 bits per heavy atom. The van der Waals surface area contributed by atoms with E-state index in [-0.39, 0.29) is 30.0 Å². The molecule has 0 spiro atoms. The van der Waals surface area contributed by atoms with Gasteiger partial charge in [0.05, 0.1) is 11.3 Å². The van der Waals surface area contributed by atoms with Crippen molar-refractivity contribution in [3.8, 4) is 0 Å². The maximum absolute atomic E-state index is 12.6. The molecule has 0 saturated heterocycles. The zero-order chi connectivity index (χ0) is 20.1. The van der Waals surface area contributed by atoms with Crippen LogP contribution in [0.15, 0.2) is 18.2 Å². The predicted octanol–water partition coefficient (Wildman–Crippen LogP) is -0.0885. The van der Waals surface area contributed by atoms with Gasteiger partial charge in [0.15, 0.2) is 6.29 Å². The normalized spacial score (nSPS) is 11.5. The van der Waals surface area contributed by atoms with E-state index < -0.39 is 17.9 Å². The number of hydrogen-bond donors (Lipinski definition) is 4. The summed E-state index contributed by atoms with van der Waals surface area (Å²) in [6.07, 6.45) is 1.38. The molecule has 0 aliphatic rings. The van der Waals surface area contributed by atoms with Crippen molar-refractivity contribution in [2.45, 2.75) is 25.8 Å². The Morgan fingerprint density at radius 3 is 2.59 bits per heavy atom. The van der Waals surface area contributed by atoms with Gasteiger partial charge in [0.1, 0.15) is 19.3 Å². The number of benzene rings is 1. The third kappa shape index (κ3) is 7.26. The third-order valence-electron chi connectivity index (χ3n) is 3.26. The van der Waals surface area contributed by atoms with E-state index in [0.29, 0.717) is 19.1 Å². The molecule has 0 saturated carbocycles. The highest BCUT2D eigenvalue weighted by Crippen LogP contribution is 2.20. The van der Waals surface area contributed by atoms with Crippen molar-refractivity contribution >= 4 is 23.9 Å². The lowest BCUT2D eigenvalue weighted by Crippen LogP contribution is -2.43. The molecule has 1 atom stereocenters. The molecule has 0 aromatic heterocycles. The molecular formula is C15H22N4O8. The highest BCUT2D eigenvalue weighted by atomic mass is 17.3. The summed E-state index contributed by atoms with van der Waals surface area (Å²) in [5, 5.41) is 2.48. The molecule has 27 heavy (non-hydrogen) atoms. The van der Waals surface area contributed by atoms with Crippen LogP contribution in [0.2, 0.25) is 0 Å². The van der Waals surface area contributed by atoms with Crippen molar-refractivity contribution in [3.63, 3.8) is 0 Å². The summed E-state index contributed by atoms with van der Waals surface area (Å²) in [6.45, 7) is 1.76. The first-order valence-corrected chi connectivity index (χ1v) is 7.91. The van der Waals surface area contributed by atoms with E-state index in [4.69, 9.17) is 15.8 Å². The first kappa shape index (κ1) is 22.4. The topological polar surface area (TPSA) is 173 Å². The number of carbonyl (C=O) groups excluding carboxylic acids is 3. The molecular weight excluding hydrogens is 364 g/mol. The largest absolute Gasteiger partial charge is 0.372 e. The van der Waals surface area contributed by atoms with E-state index in [2.05, 4.69) is 31.4 Å². The maximum atomic E-state index is 12.6. The Hall–Kier alpha value is -2.61. The number of aldehydes is 1.